The molecule has 0 radical (unpaired) electrons. The maximum Gasteiger partial charge on any atom is 0.138 e. The van der Waals surface area contributed by atoms with Crippen molar-refractivity contribution in [1.29, 1.82) is 0 Å². The molecule has 0 amide bonds. The van der Waals surface area contributed by atoms with Crippen LogP contribution in [0, 0.1) is 17.8 Å². The highest BCUT2D eigenvalue weighted by atomic mass is 16.5. The van der Waals surface area contributed by atoms with Crippen molar-refractivity contribution in [2.75, 3.05) is 7.11 Å². The van der Waals surface area contributed by atoms with E-state index in [1.165, 1.54) is 36.8 Å². The van der Waals surface area contributed by atoms with Crippen molar-refractivity contribution in [1.82, 2.24) is 0 Å². The molecule has 2 aliphatic rings. The summed E-state index contributed by atoms with van der Waals surface area (Å²) >= 11 is 0. The number of benzene rings is 1. The molecular weight excluding hydrogens is 346 g/mol. The Hall–Kier alpha value is -1.35. The van der Waals surface area contributed by atoms with E-state index in [0.717, 1.165) is 31.4 Å². The second kappa shape index (κ2) is 10.4. The third kappa shape index (κ3) is 4.97. The SMILES string of the molecule is CC.CCCCC[C@H](C)CCC1C(=O)C[C@]2(N)Cc3c(cccc3OC)C[C@H]12. The minimum Gasteiger partial charge on any atom is -0.496 e. The Morgan fingerprint density at radius 2 is 1.96 bits per heavy atom. The smallest absolute Gasteiger partial charge is 0.138 e. The van der Waals surface area contributed by atoms with E-state index < -0.39 is 0 Å². The maximum absolute atomic E-state index is 12.8. The Labute approximate surface area is 172 Å². The van der Waals surface area contributed by atoms with Crippen LogP contribution in [0.15, 0.2) is 18.2 Å². The van der Waals surface area contributed by atoms with Gasteiger partial charge in [0, 0.05) is 17.9 Å². The zero-order chi connectivity index (χ0) is 20.7. The quantitative estimate of drug-likeness (QED) is 0.580. The molecule has 0 spiro atoms. The molecule has 1 fully saturated rings. The summed E-state index contributed by atoms with van der Waals surface area (Å²) < 4.78 is 5.54. The maximum atomic E-state index is 12.8. The van der Waals surface area contributed by atoms with Crippen molar-refractivity contribution in [3.63, 3.8) is 0 Å². The van der Waals surface area contributed by atoms with Gasteiger partial charge in [-0.2, -0.15) is 0 Å². The number of hydrogen-bond acceptors (Lipinski definition) is 3. The first kappa shape index (κ1) is 22.9. The lowest BCUT2D eigenvalue weighted by atomic mass is 9.69. The Bertz CT molecular complexity index is 641. The van der Waals surface area contributed by atoms with Gasteiger partial charge in [0.2, 0.25) is 0 Å². The number of methoxy groups -OCH3 is 1. The van der Waals surface area contributed by atoms with Gasteiger partial charge in [0.05, 0.1) is 7.11 Å². The number of ketones is 1. The highest BCUT2D eigenvalue weighted by molar-refractivity contribution is 5.86. The number of carbonyl (C=O) groups is 1. The number of rotatable bonds is 8. The van der Waals surface area contributed by atoms with Crippen LogP contribution in [0.25, 0.3) is 0 Å². The first-order valence-corrected chi connectivity index (χ1v) is 11.4. The number of nitrogens with two attached hydrogens (primary N) is 1. The lowest BCUT2D eigenvalue weighted by Gasteiger charge is -2.39. The molecule has 3 heteroatoms. The van der Waals surface area contributed by atoms with Crippen molar-refractivity contribution >= 4 is 5.78 Å². The van der Waals surface area contributed by atoms with Gasteiger partial charge >= 0.3 is 0 Å². The Balaban J connectivity index is 0.00000136. The second-order valence-electron chi connectivity index (χ2n) is 8.75. The fraction of sp³-hybridized carbons (Fsp3) is 0.720. The molecule has 1 saturated carbocycles. The highest BCUT2D eigenvalue weighted by Gasteiger charge is 2.52. The lowest BCUT2D eigenvalue weighted by molar-refractivity contribution is -0.121. The van der Waals surface area contributed by atoms with Crippen LogP contribution in [0.5, 0.6) is 5.75 Å². The van der Waals surface area contributed by atoms with Gasteiger partial charge in [-0.3, -0.25) is 4.79 Å². The number of Topliss-reactive ketones (excluding diaryl/α,β-unsaturated/α-hetero) is 1. The molecule has 0 bridgehead atoms. The summed E-state index contributed by atoms with van der Waals surface area (Å²) in [6.07, 6.45) is 9.57. The summed E-state index contributed by atoms with van der Waals surface area (Å²) in [4.78, 5) is 12.8. The molecule has 0 saturated heterocycles. The summed E-state index contributed by atoms with van der Waals surface area (Å²) in [6, 6.07) is 6.25. The molecule has 1 aromatic carbocycles. The first-order chi connectivity index (χ1) is 13.5. The topological polar surface area (TPSA) is 52.3 Å². The van der Waals surface area contributed by atoms with E-state index in [1.807, 2.05) is 19.9 Å². The molecule has 0 aromatic heterocycles. The first-order valence-electron chi connectivity index (χ1n) is 11.4. The average molecular weight is 388 g/mol. The molecular formula is C25H41NO2. The number of fused-ring (bicyclic) bond motifs is 2. The summed E-state index contributed by atoms with van der Waals surface area (Å²) in [5.74, 6) is 2.46. The normalized spacial score (nSPS) is 26.7. The van der Waals surface area contributed by atoms with Crippen LogP contribution >= 0.6 is 0 Å². The van der Waals surface area contributed by atoms with E-state index in [1.54, 1.807) is 7.11 Å². The molecule has 3 rings (SSSR count). The Morgan fingerprint density at radius 1 is 1.21 bits per heavy atom. The van der Waals surface area contributed by atoms with E-state index >= 15 is 0 Å². The van der Waals surface area contributed by atoms with E-state index in [2.05, 4.69) is 26.0 Å². The summed E-state index contributed by atoms with van der Waals surface area (Å²) in [7, 11) is 1.72. The van der Waals surface area contributed by atoms with E-state index in [0.29, 0.717) is 18.1 Å². The Morgan fingerprint density at radius 3 is 2.64 bits per heavy atom. The predicted octanol–water partition coefficient (Wildman–Crippen LogP) is 5.72. The second-order valence-corrected chi connectivity index (χ2v) is 8.75. The van der Waals surface area contributed by atoms with Gasteiger partial charge in [-0.25, -0.2) is 0 Å². The van der Waals surface area contributed by atoms with Gasteiger partial charge in [0.25, 0.3) is 0 Å². The zero-order valence-electron chi connectivity index (χ0n) is 18.7. The zero-order valence-corrected chi connectivity index (χ0v) is 18.7. The molecule has 1 aromatic rings. The monoisotopic (exact) mass is 387 g/mol. The highest BCUT2D eigenvalue weighted by Crippen LogP contribution is 2.48. The van der Waals surface area contributed by atoms with Crippen molar-refractivity contribution in [3.05, 3.63) is 29.3 Å². The van der Waals surface area contributed by atoms with Crippen molar-refractivity contribution in [2.45, 2.75) is 91.0 Å². The van der Waals surface area contributed by atoms with Crippen LogP contribution in [0.3, 0.4) is 0 Å². The molecule has 0 aliphatic heterocycles. The fourth-order valence-corrected chi connectivity index (χ4v) is 5.22. The van der Waals surface area contributed by atoms with Gasteiger partial charge in [-0.15, -0.1) is 0 Å². The van der Waals surface area contributed by atoms with Crippen LogP contribution in [-0.2, 0) is 17.6 Å². The fourth-order valence-electron chi connectivity index (χ4n) is 5.22. The molecule has 2 N–H and O–H groups in total. The molecule has 4 atom stereocenters. The van der Waals surface area contributed by atoms with Crippen LogP contribution in [0.4, 0.5) is 0 Å². The van der Waals surface area contributed by atoms with Gasteiger partial charge in [-0.05, 0) is 48.3 Å². The van der Waals surface area contributed by atoms with Crippen molar-refractivity contribution in [3.8, 4) is 5.75 Å². The number of hydrogen-bond donors (Lipinski definition) is 1. The standard InChI is InChI=1S/C23H35NO2.C2H6/c1-4-5-6-8-16(2)11-12-18-20-13-17-9-7-10-22(26-3)19(17)14-23(20,24)15-21(18)25;1-2/h7,9-10,16,18,20H,4-6,8,11-15,24H2,1-3H3;1-2H3/t16-,18?,20+,23+;/m0./s1. The average Bonchev–Trinajstić information content (AvgIpc) is 2.94. The molecule has 3 nitrogen and oxygen atoms in total. The van der Waals surface area contributed by atoms with E-state index in [4.69, 9.17) is 10.5 Å². The van der Waals surface area contributed by atoms with Crippen molar-refractivity contribution in [2.24, 2.45) is 23.5 Å². The minimum atomic E-state index is -0.380. The summed E-state index contributed by atoms with van der Waals surface area (Å²) in [6.45, 7) is 8.59. The van der Waals surface area contributed by atoms with Gasteiger partial charge < -0.3 is 10.5 Å². The van der Waals surface area contributed by atoms with Gasteiger partial charge in [0.1, 0.15) is 11.5 Å². The number of ether oxygens (including phenoxy) is 1. The molecule has 0 heterocycles. The summed E-state index contributed by atoms with van der Waals surface area (Å²) in [5, 5.41) is 0. The third-order valence-electron chi connectivity index (χ3n) is 6.81. The van der Waals surface area contributed by atoms with Crippen molar-refractivity contribution < 1.29 is 9.53 Å². The van der Waals surface area contributed by atoms with Gasteiger partial charge in [0.15, 0.2) is 0 Å². The van der Waals surface area contributed by atoms with Crippen LogP contribution < -0.4 is 10.5 Å². The third-order valence-corrected chi connectivity index (χ3v) is 6.81. The van der Waals surface area contributed by atoms with E-state index in [9.17, 15) is 4.79 Å². The van der Waals surface area contributed by atoms with E-state index in [-0.39, 0.29) is 17.4 Å². The Kier molecular flexibility index (Phi) is 8.55. The summed E-state index contributed by atoms with van der Waals surface area (Å²) in [5.41, 5.74) is 8.97. The molecule has 1 unspecified atom stereocenters. The van der Waals surface area contributed by atoms with Gasteiger partial charge in [-0.1, -0.05) is 71.9 Å². The molecule has 158 valence electrons. The molecule has 28 heavy (non-hydrogen) atoms. The van der Waals surface area contributed by atoms with Crippen LogP contribution in [0.2, 0.25) is 0 Å². The predicted molar refractivity (Wildman–Crippen MR) is 118 cm³/mol. The molecule has 2 aliphatic carbocycles. The number of unbranched alkanes of at least 4 members (excludes halogenated alkanes) is 2. The van der Waals surface area contributed by atoms with Crippen LogP contribution in [0.1, 0.15) is 83.8 Å². The minimum absolute atomic E-state index is 0.146. The number of carbonyl (C=O) groups excluding carboxylic acids is 1. The largest absolute Gasteiger partial charge is 0.496 e. The van der Waals surface area contributed by atoms with Crippen LogP contribution in [-0.4, -0.2) is 18.4 Å². The lowest BCUT2D eigenvalue weighted by Crippen LogP contribution is -2.50.